The summed E-state index contributed by atoms with van der Waals surface area (Å²) in [5, 5.41) is 2.25. The third-order valence-corrected chi connectivity index (χ3v) is 1.78. The second-order valence-corrected chi connectivity index (χ2v) is 2.80. The predicted octanol–water partition coefficient (Wildman–Crippen LogP) is 0.580. The number of alkyl halides is 3. The van der Waals surface area contributed by atoms with Crippen LogP contribution in [0, 0.1) is 0 Å². The van der Waals surface area contributed by atoms with Gasteiger partial charge in [0.1, 0.15) is 0 Å². The molecule has 1 unspecified atom stereocenters. The van der Waals surface area contributed by atoms with Crippen molar-refractivity contribution < 1.29 is 27.4 Å². The molecule has 1 N–H and O–H groups in total. The third kappa shape index (κ3) is 2.51. The number of nitrogens with zero attached hydrogens (tertiary/aromatic N) is 1. The van der Waals surface area contributed by atoms with Gasteiger partial charge < -0.3 is 14.8 Å². The van der Waals surface area contributed by atoms with Crippen LogP contribution in [0.5, 0.6) is 0 Å². The highest BCUT2D eigenvalue weighted by molar-refractivity contribution is 6.00. The largest absolute Gasteiger partial charge is 0.464 e. The van der Waals surface area contributed by atoms with Gasteiger partial charge in [0.25, 0.3) is 0 Å². The van der Waals surface area contributed by atoms with E-state index in [9.17, 15) is 18.0 Å². The van der Waals surface area contributed by atoms with Gasteiger partial charge in [0.05, 0.1) is 7.11 Å². The standard InChI is InChI=1S/C8H9F3N2O3/c1-15-6-5(8(9,10)11)13-4(3-12-6)7(14)16-2/h3,6,12H,1-2H3. The summed E-state index contributed by atoms with van der Waals surface area (Å²) in [6.07, 6.45) is -5.09. The highest BCUT2D eigenvalue weighted by Crippen LogP contribution is 2.23. The molecule has 1 atom stereocenters. The van der Waals surface area contributed by atoms with E-state index in [2.05, 4.69) is 19.8 Å². The van der Waals surface area contributed by atoms with Crippen LogP contribution in [0.1, 0.15) is 0 Å². The molecule has 16 heavy (non-hydrogen) atoms. The van der Waals surface area contributed by atoms with Crippen LogP contribution in [0.25, 0.3) is 0 Å². The van der Waals surface area contributed by atoms with E-state index in [1.54, 1.807) is 0 Å². The Morgan fingerprint density at radius 2 is 2.12 bits per heavy atom. The minimum Gasteiger partial charge on any atom is -0.464 e. The summed E-state index contributed by atoms with van der Waals surface area (Å²) in [7, 11) is 2.14. The van der Waals surface area contributed by atoms with Crippen LogP contribution < -0.4 is 5.32 Å². The van der Waals surface area contributed by atoms with Crippen molar-refractivity contribution in [2.75, 3.05) is 14.2 Å². The van der Waals surface area contributed by atoms with E-state index in [4.69, 9.17) is 0 Å². The second-order valence-electron chi connectivity index (χ2n) is 2.80. The first-order valence-corrected chi connectivity index (χ1v) is 4.13. The van der Waals surface area contributed by atoms with Crippen molar-refractivity contribution in [3.05, 3.63) is 11.9 Å². The lowest BCUT2D eigenvalue weighted by molar-refractivity contribution is -0.136. The molecule has 1 rings (SSSR count). The normalized spacial score (nSPS) is 20.7. The van der Waals surface area contributed by atoms with Crippen molar-refractivity contribution in [1.29, 1.82) is 0 Å². The Balaban J connectivity index is 3.02. The fraction of sp³-hybridized carbons (Fsp3) is 0.500. The quantitative estimate of drug-likeness (QED) is 0.715. The molecular formula is C8H9F3N2O3. The summed E-state index contributed by atoms with van der Waals surface area (Å²) < 4.78 is 46.3. The molecule has 1 aliphatic heterocycles. The number of hydrogen-bond donors (Lipinski definition) is 1. The predicted molar refractivity (Wildman–Crippen MR) is 47.5 cm³/mol. The van der Waals surface area contributed by atoms with Crippen LogP contribution in [0.15, 0.2) is 16.9 Å². The van der Waals surface area contributed by atoms with E-state index in [0.717, 1.165) is 20.4 Å². The average molecular weight is 238 g/mol. The van der Waals surface area contributed by atoms with Crippen molar-refractivity contribution in [2.24, 2.45) is 4.99 Å². The summed E-state index contributed by atoms with van der Waals surface area (Å²) in [5.41, 5.74) is -1.68. The first-order chi connectivity index (χ1) is 7.40. The van der Waals surface area contributed by atoms with Gasteiger partial charge in [-0.15, -0.1) is 0 Å². The van der Waals surface area contributed by atoms with Crippen molar-refractivity contribution in [2.45, 2.75) is 12.4 Å². The highest BCUT2D eigenvalue weighted by Gasteiger charge is 2.43. The number of rotatable bonds is 2. The summed E-state index contributed by atoms with van der Waals surface area (Å²) in [6.45, 7) is 0. The molecule has 0 spiro atoms. The maximum atomic E-state index is 12.5. The minimum atomic E-state index is -4.68. The van der Waals surface area contributed by atoms with Gasteiger partial charge in [0.2, 0.25) is 0 Å². The van der Waals surface area contributed by atoms with Crippen molar-refractivity contribution in [3.8, 4) is 0 Å². The molecule has 8 heteroatoms. The van der Waals surface area contributed by atoms with Crippen LogP contribution in [-0.2, 0) is 14.3 Å². The summed E-state index contributed by atoms with van der Waals surface area (Å²) in [6, 6.07) is 0. The minimum absolute atomic E-state index is 0.455. The van der Waals surface area contributed by atoms with Crippen LogP contribution in [-0.4, -0.2) is 38.3 Å². The number of esters is 1. The topological polar surface area (TPSA) is 59.9 Å². The summed E-state index contributed by atoms with van der Waals surface area (Å²) in [5.74, 6) is -0.955. The molecule has 0 bridgehead atoms. The summed E-state index contributed by atoms with van der Waals surface area (Å²) in [4.78, 5) is 14.2. The number of hydrogen-bond acceptors (Lipinski definition) is 5. The SMILES string of the molecule is COC(=O)C1=CNC(OC)C(C(F)(F)F)=N1. The molecule has 1 aliphatic rings. The molecule has 0 fully saturated rings. The number of ether oxygens (including phenoxy) is 2. The number of carbonyl (C=O) groups is 1. The Labute approximate surface area is 88.9 Å². The van der Waals surface area contributed by atoms with Gasteiger partial charge in [0.15, 0.2) is 17.6 Å². The van der Waals surface area contributed by atoms with Gasteiger partial charge in [0, 0.05) is 13.3 Å². The number of halogens is 3. The third-order valence-electron chi connectivity index (χ3n) is 1.78. The Kier molecular flexibility index (Phi) is 3.53. The number of carbonyl (C=O) groups excluding carboxylic acids is 1. The lowest BCUT2D eigenvalue weighted by Crippen LogP contribution is -2.46. The highest BCUT2D eigenvalue weighted by atomic mass is 19.4. The maximum absolute atomic E-state index is 12.5. The fourth-order valence-corrected chi connectivity index (χ4v) is 1.06. The molecule has 1 heterocycles. The van der Waals surface area contributed by atoms with Gasteiger partial charge in [-0.3, -0.25) is 0 Å². The number of nitrogens with one attached hydrogen (secondary N) is 1. The lowest BCUT2D eigenvalue weighted by Gasteiger charge is -2.23. The van der Waals surface area contributed by atoms with E-state index >= 15 is 0 Å². The van der Waals surface area contributed by atoms with Crippen molar-refractivity contribution in [1.82, 2.24) is 5.32 Å². The zero-order chi connectivity index (χ0) is 12.3. The van der Waals surface area contributed by atoms with Gasteiger partial charge in [-0.05, 0) is 0 Å². The number of methoxy groups -OCH3 is 2. The Morgan fingerprint density at radius 1 is 1.50 bits per heavy atom. The molecular weight excluding hydrogens is 229 g/mol. The molecule has 0 aromatic heterocycles. The van der Waals surface area contributed by atoms with E-state index in [0.29, 0.717) is 0 Å². The van der Waals surface area contributed by atoms with E-state index < -0.39 is 29.8 Å². The molecule has 0 aromatic rings. The molecule has 0 aliphatic carbocycles. The van der Waals surface area contributed by atoms with Gasteiger partial charge in [-0.2, -0.15) is 13.2 Å². The fourth-order valence-electron chi connectivity index (χ4n) is 1.06. The van der Waals surface area contributed by atoms with E-state index in [1.807, 2.05) is 0 Å². The molecule has 0 saturated carbocycles. The van der Waals surface area contributed by atoms with Gasteiger partial charge >= 0.3 is 12.1 Å². The Bertz CT molecular complexity index is 349. The monoisotopic (exact) mass is 238 g/mol. The zero-order valence-electron chi connectivity index (χ0n) is 8.46. The van der Waals surface area contributed by atoms with E-state index in [1.165, 1.54) is 0 Å². The maximum Gasteiger partial charge on any atom is 0.433 e. The van der Waals surface area contributed by atoms with Crippen LogP contribution in [0.2, 0.25) is 0 Å². The number of aliphatic imine (C=N–C) groups is 1. The average Bonchev–Trinajstić information content (AvgIpc) is 2.26. The molecule has 0 aromatic carbocycles. The van der Waals surface area contributed by atoms with Crippen LogP contribution in [0.3, 0.4) is 0 Å². The first kappa shape index (κ1) is 12.5. The van der Waals surface area contributed by atoms with Crippen molar-refractivity contribution in [3.63, 3.8) is 0 Å². The smallest absolute Gasteiger partial charge is 0.433 e. The molecule has 0 amide bonds. The van der Waals surface area contributed by atoms with Crippen molar-refractivity contribution >= 4 is 11.7 Å². The Hall–Kier alpha value is -1.57. The van der Waals surface area contributed by atoms with Gasteiger partial charge in [-0.1, -0.05) is 0 Å². The zero-order valence-corrected chi connectivity index (χ0v) is 8.46. The first-order valence-electron chi connectivity index (χ1n) is 4.13. The molecule has 0 radical (unpaired) electrons. The van der Waals surface area contributed by atoms with Gasteiger partial charge in [-0.25, -0.2) is 9.79 Å². The van der Waals surface area contributed by atoms with Crippen LogP contribution >= 0.6 is 0 Å². The van der Waals surface area contributed by atoms with Crippen LogP contribution in [0.4, 0.5) is 13.2 Å². The Morgan fingerprint density at radius 3 is 2.56 bits per heavy atom. The molecule has 0 saturated heterocycles. The van der Waals surface area contributed by atoms with E-state index in [-0.39, 0.29) is 0 Å². The molecule has 90 valence electrons. The second kappa shape index (κ2) is 4.52. The lowest BCUT2D eigenvalue weighted by atomic mass is 10.2. The summed E-state index contributed by atoms with van der Waals surface area (Å²) >= 11 is 0. The molecule has 5 nitrogen and oxygen atoms in total.